The number of carboxylic acid groups (broad SMARTS) is 1. The van der Waals surface area contributed by atoms with Gasteiger partial charge in [0.25, 0.3) is 0 Å². The van der Waals surface area contributed by atoms with Crippen LogP contribution in [-0.4, -0.2) is 35.1 Å². The number of hydrogen-bond acceptors (Lipinski definition) is 5. The highest BCUT2D eigenvalue weighted by atomic mass is 16.4. The smallest absolute Gasteiger partial charge is 0.335 e. The fourth-order valence-corrected chi connectivity index (χ4v) is 1.79. The third kappa shape index (κ3) is 4.25. The van der Waals surface area contributed by atoms with Crippen LogP contribution >= 0.6 is 0 Å². The van der Waals surface area contributed by atoms with E-state index in [9.17, 15) is 4.79 Å². The maximum Gasteiger partial charge on any atom is 0.335 e. The van der Waals surface area contributed by atoms with Crippen LogP contribution in [0.25, 0.3) is 0 Å². The number of nitrogens with one attached hydrogen (secondary N) is 1. The molecule has 0 radical (unpaired) electrons. The van der Waals surface area contributed by atoms with Crippen molar-refractivity contribution in [2.45, 2.75) is 13.1 Å². The molecule has 0 atom stereocenters. The molecule has 0 fully saturated rings. The van der Waals surface area contributed by atoms with E-state index in [2.05, 4.69) is 15.3 Å². The molecule has 0 unspecified atom stereocenters. The Morgan fingerprint density at radius 2 is 1.67 bits per heavy atom. The van der Waals surface area contributed by atoms with E-state index in [0.717, 1.165) is 11.1 Å². The lowest BCUT2D eigenvalue weighted by atomic mass is 10.1. The van der Waals surface area contributed by atoms with Crippen LogP contribution in [-0.2, 0) is 13.1 Å². The van der Waals surface area contributed by atoms with Crippen molar-refractivity contribution in [2.75, 3.05) is 19.0 Å². The van der Waals surface area contributed by atoms with E-state index in [1.54, 1.807) is 24.5 Å². The van der Waals surface area contributed by atoms with Gasteiger partial charge in [-0.1, -0.05) is 12.1 Å². The number of aromatic nitrogens is 2. The molecule has 1 aromatic carbocycles. The van der Waals surface area contributed by atoms with Crippen molar-refractivity contribution in [1.82, 2.24) is 15.3 Å². The maximum absolute atomic E-state index is 10.8. The molecule has 0 aliphatic rings. The van der Waals surface area contributed by atoms with Crippen molar-refractivity contribution >= 4 is 11.9 Å². The molecule has 0 aliphatic carbocycles. The van der Waals surface area contributed by atoms with Crippen molar-refractivity contribution in [3.05, 3.63) is 53.3 Å². The average Bonchev–Trinajstić information content (AvgIpc) is 2.48. The van der Waals surface area contributed by atoms with Crippen LogP contribution in [0.1, 0.15) is 21.5 Å². The molecule has 0 amide bonds. The van der Waals surface area contributed by atoms with Gasteiger partial charge in [0.05, 0.1) is 5.56 Å². The van der Waals surface area contributed by atoms with Gasteiger partial charge in [-0.25, -0.2) is 14.8 Å². The summed E-state index contributed by atoms with van der Waals surface area (Å²) in [5.41, 5.74) is 2.33. The number of nitrogens with zero attached hydrogens (tertiary/aromatic N) is 3. The number of carbonyl (C=O) groups is 1. The number of carboxylic acids is 1. The summed E-state index contributed by atoms with van der Waals surface area (Å²) in [5.74, 6) is -0.226. The summed E-state index contributed by atoms with van der Waals surface area (Å²) in [4.78, 5) is 21.1. The minimum Gasteiger partial charge on any atom is -0.478 e. The molecule has 2 rings (SSSR count). The molecule has 0 spiro atoms. The van der Waals surface area contributed by atoms with Crippen LogP contribution in [0.4, 0.5) is 5.95 Å². The van der Waals surface area contributed by atoms with Gasteiger partial charge in [-0.2, -0.15) is 0 Å². The molecule has 0 saturated heterocycles. The highest BCUT2D eigenvalue weighted by Gasteiger charge is 2.02. The SMILES string of the molecule is CN(C)c1ncc(CNCc2ccc(C(=O)O)cc2)cn1. The Bertz CT molecular complexity index is 594. The van der Waals surface area contributed by atoms with Crippen LogP contribution in [0.3, 0.4) is 0 Å². The van der Waals surface area contributed by atoms with Gasteiger partial charge in [0.2, 0.25) is 5.95 Å². The van der Waals surface area contributed by atoms with Gasteiger partial charge >= 0.3 is 5.97 Å². The Hall–Kier alpha value is -2.47. The summed E-state index contributed by atoms with van der Waals surface area (Å²) in [7, 11) is 3.79. The Morgan fingerprint density at radius 3 is 2.19 bits per heavy atom. The molecule has 6 heteroatoms. The number of hydrogen-bond donors (Lipinski definition) is 2. The quantitative estimate of drug-likeness (QED) is 0.838. The van der Waals surface area contributed by atoms with E-state index in [1.165, 1.54) is 0 Å². The molecule has 0 aliphatic heterocycles. The molecule has 0 bridgehead atoms. The molecular weight excluding hydrogens is 268 g/mol. The maximum atomic E-state index is 10.8. The first kappa shape index (κ1) is 14.9. The van der Waals surface area contributed by atoms with E-state index < -0.39 is 5.97 Å². The van der Waals surface area contributed by atoms with Crippen LogP contribution < -0.4 is 10.2 Å². The standard InChI is InChI=1S/C15H18N4O2/c1-19(2)15-17-9-12(10-18-15)8-16-7-11-3-5-13(6-4-11)14(20)21/h3-6,9-10,16H,7-8H2,1-2H3,(H,20,21). The Labute approximate surface area is 123 Å². The van der Waals surface area contributed by atoms with E-state index >= 15 is 0 Å². The summed E-state index contributed by atoms with van der Waals surface area (Å²) >= 11 is 0. The summed E-state index contributed by atoms with van der Waals surface area (Å²) in [5, 5.41) is 12.1. The van der Waals surface area contributed by atoms with E-state index in [1.807, 2.05) is 31.1 Å². The van der Waals surface area contributed by atoms with Gasteiger partial charge in [0.1, 0.15) is 0 Å². The summed E-state index contributed by atoms with van der Waals surface area (Å²) < 4.78 is 0. The molecule has 0 saturated carbocycles. The lowest BCUT2D eigenvalue weighted by Gasteiger charge is -2.10. The monoisotopic (exact) mass is 286 g/mol. The fraction of sp³-hybridized carbons (Fsp3) is 0.267. The van der Waals surface area contributed by atoms with Crippen molar-refractivity contribution in [3.8, 4) is 0 Å². The second kappa shape index (κ2) is 6.81. The zero-order valence-corrected chi connectivity index (χ0v) is 12.1. The largest absolute Gasteiger partial charge is 0.478 e. The average molecular weight is 286 g/mol. The second-order valence-electron chi connectivity index (χ2n) is 4.89. The van der Waals surface area contributed by atoms with Crippen LogP contribution in [0.15, 0.2) is 36.7 Å². The Morgan fingerprint density at radius 1 is 1.10 bits per heavy atom. The summed E-state index contributed by atoms with van der Waals surface area (Å²) in [6, 6.07) is 6.83. The predicted molar refractivity (Wildman–Crippen MR) is 80.3 cm³/mol. The first-order chi connectivity index (χ1) is 10.1. The number of aromatic carboxylic acids is 1. The molecule has 2 aromatic rings. The number of benzene rings is 1. The topological polar surface area (TPSA) is 78.4 Å². The minimum atomic E-state index is -0.910. The molecular formula is C15H18N4O2. The Balaban J connectivity index is 1.85. The summed E-state index contributed by atoms with van der Waals surface area (Å²) in [6.45, 7) is 1.32. The van der Waals surface area contributed by atoms with Crippen molar-refractivity contribution in [3.63, 3.8) is 0 Å². The van der Waals surface area contributed by atoms with E-state index in [0.29, 0.717) is 24.6 Å². The van der Waals surface area contributed by atoms with Crippen LogP contribution in [0.5, 0.6) is 0 Å². The predicted octanol–water partition coefficient (Wildman–Crippen LogP) is 1.53. The molecule has 2 N–H and O–H groups in total. The van der Waals surface area contributed by atoms with E-state index in [-0.39, 0.29) is 0 Å². The number of anilines is 1. The van der Waals surface area contributed by atoms with Crippen LogP contribution in [0, 0.1) is 0 Å². The first-order valence-corrected chi connectivity index (χ1v) is 6.57. The molecule has 21 heavy (non-hydrogen) atoms. The molecule has 1 heterocycles. The van der Waals surface area contributed by atoms with Gasteiger partial charge in [0, 0.05) is 45.1 Å². The zero-order chi connectivity index (χ0) is 15.2. The van der Waals surface area contributed by atoms with Gasteiger partial charge in [-0.3, -0.25) is 0 Å². The third-order valence-corrected chi connectivity index (χ3v) is 2.95. The van der Waals surface area contributed by atoms with Gasteiger partial charge < -0.3 is 15.3 Å². The van der Waals surface area contributed by atoms with Gasteiger partial charge in [-0.15, -0.1) is 0 Å². The second-order valence-corrected chi connectivity index (χ2v) is 4.89. The van der Waals surface area contributed by atoms with Crippen molar-refractivity contribution < 1.29 is 9.90 Å². The highest BCUT2D eigenvalue weighted by Crippen LogP contribution is 2.06. The lowest BCUT2D eigenvalue weighted by molar-refractivity contribution is 0.0697. The molecule has 110 valence electrons. The summed E-state index contributed by atoms with van der Waals surface area (Å²) in [6.07, 6.45) is 3.59. The normalized spacial score (nSPS) is 10.4. The molecule has 6 nitrogen and oxygen atoms in total. The van der Waals surface area contributed by atoms with Gasteiger partial charge in [0.15, 0.2) is 0 Å². The first-order valence-electron chi connectivity index (χ1n) is 6.57. The van der Waals surface area contributed by atoms with Crippen LogP contribution in [0.2, 0.25) is 0 Å². The number of rotatable bonds is 6. The fourth-order valence-electron chi connectivity index (χ4n) is 1.79. The van der Waals surface area contributed by atoms with E-state index in [4.69, 9.17) is 5.11 Å². The lowest BCUT2D eigenvalue weighted by Crippen LogP contribution is -2.15. The zero-order valence-electron chi connectivity index (χ0n) is 12.1. The van der Waals surface area contributed by atoms with Crippen molar-refractivity contribution in [2.24, 2.45) is 0 Å². The molecule has 1 aromatic heterocycles. The van der Waals surface area contributed by atoms with Gasteiger partial charge in [-0.05, 0) is 17.7 Å². The third-order valence-electron chi connectivity index (χ3n) is 2.95. The minimum absolute atomic E-state index is 0.298. The Kier molecular flexibility index (Phi) is 4.84. The highest BCUT2D eigenvalue weighted by molar-refractivity contribution is 5.87. The van der Waals surface area contributed by atoms with Crippen molar-refractivity contribution in [1.29, 1.82) is 0 Å².